The fourth-order valence-corrected chi connectivity index (χ4v) is 2.69. The van der Waals surface area contributed by atoms with Gasteiger partial charge in [-0.25, -0.2) is 0 Å². The third kappa shape index (κ3) is 4.58. The number of carbonyl (C=O) groups is 1. The zero-order valence-corrected chi connectivity index (χ0v) is 14.6. The van der Waals surface area contributed by atoms with Gasteiger partial charge in [0.2, 0.25) is 0 Å². The number of rotatable bonds is 5. The number of anilines is 1. The van der Waals surface area contributed by atoms with Crippen LogP contribution >= 0.6 is 0 Å². The molecule has 0 fully saturated rings. The van der Waals surface area contributed by atoms with Crippen molar-refractivity contribution < 1.29 is 22.7 Å². The standard InChI is InChI=1S/C21H18F3NO2/c1-2-19(27-18-12-7-14-5-3-4-6-15(14)13-18)20(26)25-17-10-8-16(9-11-17)21(22,23)24/h3-13,19H,2H2,1H3,(H,25,26)/t19-/m0/s1. The first-order valence-corrected chi connectivity index (χ1v) is 8.50. The second kappa shape index (κ2) is 7.70. The van der Waals surface area contributed by atoms with E-state index in [1.807, 2.05) is 36.4 Å². The zero-order valence-electron chi connectivity index (χ0n) is 14.6. The minimum atomic E-state index is -4.41. The molecule has 0 spiro atoms. The van der Waals surface area contributed by atoms with Crippen LogP contribution in [0.1, 0.15) is 18.9 Å². The molecule has 0 aliphatic rings. The highest BCUT2D eigenvalue weighted by molar-refractivity contribution is 5.94. The Bertz CT molecular complexity index is 936. The molecule has 140 valence electrons. The Morgan fingerprint density at radius 3 is 2.30 bits per heavy atom. The molecule has 0 aliphatic heterocycles. The van der Waals surface area contributed by atoms with Gasteiger partial charge in [-0.1, -0.05) is 37.3 Å². The maximum atomic E-state index is 12.6. The van der Waals surface area contributed by atoms with Crippen LogP contribution in [0.25, 0.3) is 10.8 Å². The molecule has 3 aromatic rings. The van der Waals surface area contributed by atoms with Crippen LogP contribution in [0, 0.1) is 0 Å². The van der Waals surface area contributed by atoms with Crippen molar-refractivity contribution in [3.63, 3.8) is 0 Å². The summed E-state index contributed by atoms with van der Waals surface area (Å²) in [7, 11) is 0. The predicted octanol–water partition coefficient (Wildman–Crippen LogP) is 5.65. The minimum absolute atomic E-state index is 0.286. The highest BCUT2D eigenvalue weighted by Gasteiger charge is 2.30. The van der Waals surface area contributed by atoms with Crippen molar-refractivity contribution in [3.8, 4) is 5.75 Å². The summed E-state index contributed by atoms with van der Waals surface area (Å²) >= 11 is 0. The third-order valence-electron chi connectivity index (χ3n) is 4.14. The number of ether oxygens (including phenoxy) is 1. The van der Waals surface area contributed by atoms with E-state index in [1.165, 1.54) is 12.1 Å². The van der Waals surface area contributed by atoms with Crippen LogP contribution in [0.4, 0.5) is 18.9 Å². The van der Waals surface area contributed by atoms with E-state index in [9.17, 15) is 18.0 Å². The molecular formula is C21H18F3NO2. The molecule has 0 radical (unpaired) electrons. The highest BCUT2D eigenvalue weighted by atomic mass is 19.4. The van der Waals surface area contributed by atoms with Gasteiger partial charge in [0.05, 0.1) is 5.56 Å². The quantitative estimate of drug-likeness (QED) is 0.627. The summed E-state index contributed by atoms with van der Waals surface area (Å²) in [6, 6.07) is 17.6. The topological polar surface area (TPSA) is 38.3 Å². The lowest BCUT2D eigenvalue weighted by molar-refractivity contribution is -0.137. The monoisotopic (exact) mass is 373 g/mol. The summed E-state index contributed by atoms with van der Waals surface area (Å²) in [4.78, 5) is 12.4. The molecule has 1 atom stereocenters. The van der Waals surface area contributed by atoms with E-state index >= 15 is 0 Å². The van der Waals surface area contributed by atoms with Crippen molar-refractivity contribution in [2.75, 3.05) is 5.32 Å². The number of hydrogen-bond acceptors (Lipinski definition) is 2. The first-order chi connectivity index (χ1) is 12.9. The Kier molecular flexibility index (Phi) is 5.35. The van der Waals surface area contributed by atoms with Crippen molar-refractivity contribution in [1.29, 1.82) is 0 Å². The van der Waals surface area contributed by atoms with E-state index in [-0.39, 0.29) is 5.69 Å². The van der Waals surface area contributed by atoms with Crippen molar-refractivity contribution in [3.05, 3.63) is 72.3 Å². The lowest BCUT2D eigenvalue weighted by Crippen LogP contribution is -2.32. The van der Waals surface area contributed by atoms with Crippen LogP contribution in [0.15, 0.2) is 66.7 Å². The fourth-order valence-electron chi connectivity index (χ4n) is 2.69. The van der Waals surface area contributed by atoms with Gasteiger partial charge in [-0.15, -0.1) is 0 Å². The van der Waals surface area contributed by atoms with Gasteiger partial charge < -0.3 is 10.1 Å². The summed E-state index contributed by atoms with van der Waals surface area (Å²) < 4.78 is 43.6. The normalized spacial score (nSPS) is 12.6. The molecule has 0 saturated heterocycles. The summed E-state index contributed by atoms with van der Waals surface area (Å²) in [5, 5.41) is 4.65. The van der Waals surface area contributed by atoms with Gasteiger partial charge >= 0.3 is 6.18 Å². The molecule has 3 rings (SSSR count). The lowest BCUT2D eigenvalue weighted by atomic mass is 10.1. The van der Waals surface area contributed by atoms with Crippen LogP contribution in [0.2, 0.25) is 0 Å². The number of benzene rings is 3. The molecule has 1 amide bonds. The molecule has 6 heteroatoms. The average Bonchev–Trinajstić information content (AvgIpc) is 2.65. The average molecular weight is 373 g/mol. The second-order valence-electron chi connectivity index (χ2n) is 6.09. The van der Waals surface area contributed by atoms with E-state index in [0.717, 1.165) is 22.9 Å². The van der Waals surface area contributed by atoms with Gasteiger partial charge in [0.15, 0.2) is 6.10 Å². The summed E-state index contributed by atoms with van der Waals surface area (Å²) in [5.74, 6) is 0.147. The number of fused-ring (bicyclic) bond motifs is 1. The second-order valence-corrected chi connectivity index (χ2v) is 6.09. The summed E-state index contributed by atoms with van der Waals surface area (Å²) in [6.07, 6.45) is -4.75. The molecule has 0 aromatic heterocycles. The van der Waals surface area contributed by atoms with Crippen LogP contribution in [0.3, 0.4) is 0 Å². The van der Waals surface area contributed by atoms with Crippen LogP contribution in [0.5, 0.6) is 5.75 Å². The molecule has 0 bridgehead atoms. The SMILES string of the molecule is CC[C@H](Oc1ccc2ccccc2c1)C(=O)Nc1ccc(C(F)(F)F)cc1. The number of alkyl halides is 3. The largest absolute Gasteiger partial charge is 0.481 e. The number of nitrogens with one attached hydrogen (secondary N) is 1. The Balaban J connectivity index is 1.69. The van der Waals surface area contributed by atoms with Gasteiger partial charge in [-0.3, -0.25) is 4.79 Å². The Hall–Kier alpha value is -3.02. The zero-order chi connectivity index (χ0) is 19.4. The van der Waals surface area contributed by atoms with E-state index in [4.69, 9.17) is 4.74 Å². The number of hydrogen-bond donors (Lipinski definition) is 1. The predicted molar refractivity (Wildman–Crippen MR) is 98.7 cm³/mol. The van der Waals surface area contributed by atoms with Crippen LogP contribution in [-0.4, -0.2) is 12.0 Å². The Morgan fingerprint density at radius 1 is 1.00 bits per heavy atom. The fraction of sp³-hybridized carbons (Fsp3) is 0.190. The minimum Gasteiger partial charge on any atom is -0.481 e. The van der Waals surface area contributed by atoms with Gasteiger partial charge in [0.1, 0.15) is 5.75 Å². The van der Waals surface area contributed by atoms with Gasteiger partial charge in [-0.05, 0) is 53.6 Å². The first kappa shape index (κ1) is 18.8. The number of halogens is 3. The number of amides is 1. The van der Waals surface area contributed by atoms with Gasteiger partial charge in [-0.2, -0.15) is 13.2 Å². The van der Waals surface area contributed by atoms with E-state index in [0.29, 0.717) is 12.2 Å². The maximum absolute atomic E-state index is 12.6. The molecule has 3 nitrogen and oxygen atoms in total. The molecule has 0 saturated carbocycles. The molecular weight excluding hydrogens is 355 g/mol. The van der Waals surface area contributed by atoms with E-state index < -0.39 is 23.8 Å². The van der Waals surface area contributed by atoms with E-state index in [2.05, 4.69) is 5.32 Å². The van der Waals surface area contributed by atoms with Crippen LogP contribution in [-0.2, 0) is 11.0 Å². The Labute approximate surface area is 154 Å². The third-order valence-corrected chi connectivity index (χ3v) is 4.14. The smallest absolute Gasteiger partial charge is 0.416 e. The molecule has 0 aliphatic carbocycles. The van der Waals surface area contributed by atoms with Crippen LogP contribution < -0.4 is 10.1 Å². The first-order valence-electron chi connectivity index (χ1n) is 8.50. The molecule has 0 unspecified atom stereocenters. The van der Waals surface area contributed by atoms with Crippen molar-refractivity contribution in [1.82, 2.24) is 0 Å². The molecule has 3 aromatic carbocycles. The summed E-state index contributed by atoms with van der Waals surface area (Å²) in [6.45, 7) is 1.80. The maximum Gasteiger partial charge on any atom is 0.416 e. The van der Waals surface area contributed by atoms with E-state index in [1.54, 1.807) is 13.0 Å². The van der Waals surface area contributed by atoms with Crippen molar-refractivity contribution >= 4 is 22.4 Å². The molecule has 27 heavy (non-hydrogen) atoms. The van der Waals surface area contributed by atoms with Gasteiger partial charge in [0, 0.05) is 5.69 Å². The van der Waals surface area contributed by atoms with Crippen molar-refractivity contribution in [2.45, 2.75) is 25.6 Å². The summed E-state index contributed by atoms with van der Waals surface area (Å²) in [5.41, 5.74) is -0.478. The van der Waals surface area contributed by atoms with Gasteiger partial charge in [0.25, 0.3) is 5.91 Å². The molecule has 1 N–H and O–H groups in total. The number of carbonyl (C=O) groups excluding carboxylic acids is 1. The molecule has 0 heterocycles. The lowest BCUT2D eigenvalue weighted by Gasteiger charge is -2.18. The Morgan fingerprint density at radius 2 is 1.67 bits per heavy atom. The highest BCUT2D eigenvalue weighted by Crippen LogP contribution is 2.30. The van der Waals surface area contributed by atoms with Crippen molar-refractivity contribution in [2.24, 2.45) is 0 Å².